The molecule has 3 N–H and O–H groups in total. The van der Waals surface area contributed by atoms with Crippen LogP contribution in [0.2, 0.25) is 0 Å². The van der Waals surface area contributed by atoms with Crippen LogP contribution in [0, 0.1) is 11.2 Å². The molecule has 1 aliphatic rings. The van der Waals surface area contributed by atoms with E-state index in [9.17, 15) is 4.39 Å². The number of hydrogen-bond donors (Lipinski definition) is 2. The van der Waals surface area contributed by atoms with Crippen LogP contribution < -0.4 is 10.6 Å². The van der Waals surface area contributed by atoms with Crippen molar-refractivity contribution in [3.63, 3.8) is 0 Å². The Morgan fingerprint density at radius 2 is 1.94 bits per heavy atom. The standard InChI is InChI=1S/C12H16FN3/c13-10-8-9(12(14)15)4-5-11(10)16-6-2-1-3-7-16/h4-5,8H,1-3,6-7H2,(H3,14,15). The highest BCUT2D eigenvalue weighted by Crippen LogP contribution is 2.23. The van der Waals surface area contributed by atoms with E-state index in [1.54, 1.807) is 12.1 Å². The van der Waals surface area contributed by atoms with Gasteiger partial charge in [0.25, 0.3) is 0 Å². The summed E-state index contributed by atoms with van der Waals surface area (Å²) in [6, 6.07) is 4.76. The number of piperidine rings is 1. The lowest BCUT2D eigenvalue weighted by Gasteiger charge is -2.29. The van der Waals surface area contributed by atoms with Crippen LogP contribution in [0.1, 0.15) is 24.8 Å². The number of amidine groups is 1. The minimum absolute atomic E-state index is 0.0934. The number of halogens is 1. The predicted molar refractivity (Wildman–Crippen MR) is 63.5 cm³/mol. The molecular weight excluding hydrogens is 205 g/mol. The van der Waals surface area contributed by atoms with Gasteiger partial charge in [0.05, 0.1) is 5.69 Å². The SMILES string of the molecule is N=C(N)c1ccc(N2CCCCC2)c(F)c1. The van der Waals surface area contributed by atoms with Gasteiger partial charge in [-0.25, -0.2) is 4.39 Å². The van der Waals surface area contributed by atoms with Gasteiger partial charge < -0.3 is 10.6 Å². The molecule has 0 aliphatic carbocycles. The number of nitrogens with one attached hydrogen (secondary N) is 1. The molecule has 0 aromatic heterocycles. The minimum Gasteiger partial charge on any atom is -0.384 e. The van der Waals surface area contributed by atoms with Gasteiger partial charge in [-0.1, -0.05) is 0 Å². The Kier molecular flexibility index (Phi) is 3.08. The number of benzene rings is 1. The lowest BCUT2D eigenvalue weighted by Crippen LogP contribution is -2.30. The second-order valence-electron chi connectivity index (χ2n) is 4.13. The molecule has 16 heavy (non-hydrogen) atoms. The van der Waals surface area contributed by atoms with Crippen LogP contribution in [0.4, 0.5) is 10.1 Å². The van der Waals surface area contributed by atoms with Crippen molar-refractivity contribution in [2.75, 3.05) is 18.0 Å². The average molecular weight is 221 g/mol. The van der Waals surface area contributed by atoms with E-state index in [0.717, 1.165) is 25.9 Å². The quantitative estimate of drug-likeness (QED) is 0.593. The van der Waals surface area contributed by atoms with Crippen molar-refractivity contribution in [1.82, 2.24) is 0 Å². The molecule has 1 aromatic carbocycles. The highest BCUT2D eigenvalue weighted by Gasteiger charge is 2.15. The van der Waals surface area contributed by atoms with Gasteiger partial charge in [-0.15, -0.1) is 0 Å². The summed E-state index contributed by atoms with van der Waals surface area (Å²) >= 11 is 0. The maximum atomic E-state index is 13.8. The van der Waals surface area contributed by atoms with Crippen LogP contribution in [0.15, 0.2) is 18.2 Å². The Labute approximate surface area is 94.6 Å². The molecule has 3 nitrogen and oxygen atoms in total. The molecule has 1 heterocycles. The normalized spacial score (nSPS) is 16.2. The first-order chi connectivity index (χ1) is 7.68. The Balaban J connectivity index is 2.24. The second kappa shape index (κ2) is 4.51. The highest BCUT2D eigenvalue weighted by molar-refractivity contribution is 5.95. The summed E-state index contributed by atoms with van der Waals surface area (Å²) in [7, 11) is 0. The van der Waals surface area contributed by atoms with E-state index in [2.05, 4.69) is 4.90 Å². The van der Waals surface area contributed by atoms with Gasteiger partial charge in [0.15, 0.2) is 0 Å². The van der Waals surface area contributed by atoms with Gasteiger partial charge in [0.1, 0.15) is 11.7 Å². The highest BCUT2D eigenvalue weighted by atomic mass is 19.1. The fourth-order valence-electron chi connectivity index (χ4n) is 2.07. The van der Waals surface area contributed by atoms with Crippen LogP contribution in [-0.2, 0) is 0 Å². The van der Waals surface area contributed by atoms with E-state index in [0.29, 0.717) is 11.3 Å². The van der Waals surface area contributed by atoms with Crippen molar-refractivity contribution in [3.8, 4) is 0 Å². The van der Waals surface area contributed by atoms with Crippen LogP contribution in [-0.4, -0.2) is 18.9 Å². The minimum atomic E-state index is -0.283. The molecule has 0 spiro atoms. The molecule has 0 atom stereocenters. The Bertz CT molecular complexity index is 397. The first-order valence-electron chi connectivity index (χ1n) is 5.57. The van der Waals surface area contributed by atoms with Gasteiger partial charge in [0, 0.05) is 18.7 Å². The van der Waals surface area contributed by atoms with Gasteiger partial charge in [-0.3, -0.25) is 5.41 Å². The van der Waals surface area contributed by atoms with E-state index >= 15 is 0 Å². The largest absolute Gasteiger partial charge is 0.384 e. The maximum Gasteiger partial charge on any atom is 0.147 e. The second-order valence-corrected chi connectivity index (χ2v) is 4.13. The fourth-order valence-corrected chi connectivity index (χ4v) is 2.07. The van der Waals surface area contributed by atoms with Crippen molar-refractivity contribution >= 4 is 11.5 Å². The molecule has 0 bridgehead atoms. The van der Waals surface area contributed by atoms with Gasteiger partial charge in [-0.2, -0.15) is 0 Å². The van der Waals surface area contributed by atoms with Gasteiger partial charge in [0.2, 0.25) is 0 Å². The number of nitrogens with zero attached hydrogens (tertiary/aromatic N) is 1. The van der Waals surface area contributed by atoms with Crippen molar-refractivity contribution in [1.29, 1.82) is 5.41 Å². The summed E-state index contributed by atoms with van der Waals surface area (Å²) in [5.41, 5.74) is 6.39. The van der Waals surface area contributed by atoms with Gasteiger partial charge in [-0.05, 0) is 37.5 Å². The number of hydrogen-bond acceptors (Lipinski definition) is 2. The number of rotatable bonds is 2. The summed E-state index contributed by atoms with van der Waals surface area (Å²) in [5, 5.41) is 7.24. The summed E-state index contributed by atoms with van der Waals surface area (Å²) < 4.78 is 13.8. The molecule has 1 aliphatic heterocycles. The van der Waals surface area contributed by atoms with Crippen LogP contribution in [0.25, 0.3) is 0 Å². The van der Waals surface area contributed by atoms with E-state index in [1.165, 1.54) is 12.5 Å². The molecular formula is C12H16FN3. The average Bonchev–Trinajstić information content (AvgIpc) is 2.30. The van der Waals surface area contributed by atoms with Crippen molar-refractivity contribution in [2.45, 2.75) is 19.3 Å². The maximum absolute atomic E-state index is 13.8. The Morgan fingerprint density at radius 3 is 2.50 bits per heavy atom. The van der Waals surface area contributed by atoms with E-state index < -0.39 is 0 Å². The first kappa shape index (κ1) is 10.9. The van der Waals surface area contributed by atoms with Crippen molar-refractivity contribution in [2.24, 2.45) is 5.73 Å². The summed E-state index contributed by atoms with van der Waals surface area (Å²) in [6.45, 7) is 1.83. The topological polar surface area (TPSA) is 53.1 Å². The molecule has 0 saturated carbocycles. The summed E-state index contributed by atoms with van der Waals surface area (Å²) in [4.78, 5) is 2.06. The van der Waals surface area contributed by atoms with E-state index in [-0.39, 0.29) is 11.7 Å². The smallest absolute Gasteiger partial charge is 0.147 e. The zero-order valence-corrected chi connectivity index (χ0v) is 9.17. The van der Waals surface area contributed by atoms with Gasteiger partial charge >= 0.3 is 0 Å². The summed E-state index contributed by atoms with van der Waals surface area (Å²) in [6.07, 6.45) is 3.46. The van der Waals surface area contributed by atoms with Crippen LogP contribution >= 0.6 is 0 Å². The molecule has 4 heteroatoms. The molecule has 0 radical (unpaired) electrons. The van der Waals surface area contributed by atoms with Crippen molar-refractivity contribution < 1.29 is 4.39 Å². The molecule has 0 amide bonds. The molecule has 1 saturated heterocycles. The number of nitrogen functional groups attached to an aromatic ring is 1. The fraction of sp³-hybridized carbons (Fsp3) is 0.417. The monoisotopic (exact) mass is 221 g/mol. The Morgan fingerprint density at radius 1 is 1.25 bits per heavy atom. The summed E-state index contributed by atoms with van der Waals surface area (Å²) in [5.74, 6) is -0.376. The predicted octanol–water partition coefficient (Wildman–Crippen LogP) is 2.10. The first-order valence-corrected chi connectivity index (χ1v) is 5.57. The molecule has 0 unspecified atom stereocenters. The van der Waals surface area contributed by atoms with Crippen LogP contribution in [0.3, 0.4) is 0 Å². The zero-order valence-electron chi connectivity index (χ0n) is 9.17. The molecule has 86 valence electrons. The Hall–Kier alpha value is -1.58. The molecule has 2 rings (SSSR count). The number of anilines is 1. The molecule has 1 aromatic rings. The third kappa shape index (κ3) is 2.15. The van der Waals surface area contributed by atoms with E-state index in [4.69, 9.17) is 11.1 Å². The third-order valence-corrected chi connectivity index (χ3v) is 2.96. The van der Waals surface area contributed by atoms with Crippen molar-refractivity contribution in [3.05, 3.63) is 29.6 Å². The van der Waals surface area contributed by atoms with Crippen LogP contribution in [0.5, 0.6) is 0 Å². The zero-order chi connectivity index (χ0) is 11.5. The lowest BCUT2D eigenvalue weighted by molar-refractivity contribution is 0.557. The van der Waals surface area contributed by atoms with E-state index in [1.807, 2.05) is 0 Å². The third-order valence-electron chi connectivity index (χ3n) is 2.96. The number of nitrogens with two attached hydrogens (primary N) is 1. The molecule has 1 fully saturated rings. The lowest BCUT2D eigenvalue weighted by atomic mass is 10.1.